The van der Waals surface area contributed by atoms with Crippen molar-refractivity contribution in [3.05, 3.63) is 71.9 Å². The van der Waals surface area contributed by atoms with E-state index in [1.807, 2.05) is 42.5 Å². The van der Waals surface area contributed by atoms with Crippen molar-refractivity contribution in [2.45, 2.75) is 19.9 Å². The number of halogens is 2. The number of nitrogens with zero attached hydrogens (tertiary/aromatic N) is 5. The zero-order valence-corrected chi connectivity index (χ0v) is 18.0. The van der Waals surface area contributed by atoms with Crippen LogP contribution in [-0.2, 0) is 18.4 Å². The van der Waals surface area contributed by atoms with Gasteiger partial charge in [0.1, 0.15) is 6.54 Å². The zero-order valence-electron chi connectivity index (χ0n) is 18.0. The van der Waals surface area contributed by atoms with E-state index in [0.29, 0.717) is 22.9 Å². The summed E-state index contributed by atoms with van der Waals surface area (Å²) in [4.78, 5) is 21.9. The number of benzene rings is 2. The van der Waals surface area contributed by atoms with Gasteiger partial charge >= 0.3 is 0 Å². The maximum absolute atomic E-state index is 13.9. The number of fused-ring (bicyclic) bond motifs is 2. The first kappa shape index (κ1) is 20.7. The Morgan fingerprint density at radius 3 is 2.52 bits per heavy atom. The summed E-state index contributed by atoms with van der Waals surface area (Å²) >= 11 is 0. The Morgan fingerprint density at radius 2 is 1.79 bits per heavy atom. The SMILES string of the molecule is Cc1nn(CC(=O)Nc2nc3ccccc3n2C)c2nc(-c3ccccc3)cc(C(F)F)c12. The minimum Gasteiger partial charge on any atom is -0.313 e. The number of nitrogens with one attached hydrogen (secondary N) is 1. The van der Waals surface area contributed by atoms with Crippen LogP contribution in [0.3, 0.4) is 0 Å². The predicted molar refractivity (Wildman–Crippen MR) is 122 cm³/mol. The van der Waals surface area contributed by atoms with E-state index in [2.05, 4.69) is 20.4 Å². The first-order chi connectivity index (χ1) is 15.9. The topological polar surface area (TPSA) is 77.6 Å². The minimum atomic E-state index is -2.71. The third kappa shape index (κ3) is 3.71. The Kier molecular flexibility index (Phi) is 5.08. The summed E-state index contributed by atoms with van der Waals surface area (Å²) in [5, 5.41) is 7.39. The molecule has 33 heavy (non-hydrogen) atoms. The molecule has 0 aliphatic heterocycles. The maximum Gasteiger partial charge on any atom is 0.264 e. The fourth-order valence-corrected chi connectivity index (χ4v) is 3.98. The molecule has 0 spiro atoms. The third-order valence-electron chi connectivity index (χ3n) is 5.54. The fraction of sp³-hybridized carbons (Fsp3) is 0.167. The molecule has 0 unspecified atom stereocenters. The number of rotatable bonds is 5. The fourth-order valence-electron chi connectivity index (χ4n) is 3.98. The number of hydrogen-bond donors (Lipinski definition) is 1. The molecule has 3 aromatic heterocycles. The van der Waals surface area contributed by atoms with E-state index in [1.54, 1.807) is 30.7 Å². The second-order valence-electron chi connectivity index (χ2n) is 7.74. The summed E-state index contributed by atoms with van der Waals surface area (Å²) in [6, 6.07) is 18.0. The van der Waals surface area contributed by atoms with Crippen LogP contribution >= 0.6 is 0 Å². The van der Waals surface area contributed by atoms with Crippen molar-refractivity contribution in [2.24, 2.45) is 7.05 Å². The van der Waals surface area contributed by atoms with E-state index in [1.165, 1.54) is 10.7 Å². The number of pyridine rings is 1. The first-order valence-corrected chi connectivity index (χ1v) is 10.4. The van der Waals surface area contributed by atoms with Crippen molar-refractivity contribution >= 4 is 33.9 Å². The number of aryl methyl sites for hydroxylation is 2. The van der Waals surface area contributed by atoms with Crippen LogP contribution in [0.15, 0.2) is 60.7 Å². The lowest BCUT2D eigenvalue weighted by atomic mass is 10.1. The molecular weight excluding hydrogens is 426 g/mol. The van der Waals surface area contributed by atoms with Crippen molar-refractivity contribution in [1.82, 2.24) is 24.3 Å². The molecular formula is C24H20F2N6O. The van der Waals surface area contributed by atoms with E-state index < -0.39 is 6.43 Å². The van der Waals surface area contributed by atoms with Gasteiger partial charge in [0.25, 0.3) is 6.43 Å². The Hall–Kier alpha value is -4.14. The van der Waals surface area contributed by atoms with Crippen LogP contribution in [0, 0.1) is 6.92 Å². The van der Waals surface area contributed by atoms with Gasteiger partial charge in [0, 0.05) is 18.2 Å². The average molecular weight is 446 g/mol. The van der Waals surface area contributed by atoms with Crippen molar-refractivity contribution in [1.29, 1.82) is 0 Å². The standard InChI is InChI=1S/C24H20F2N6O/c1-14-21-16(22(25)26)12-18(15-8-4-3-5-9-15)27-23(21)32(30-14)13-20(33)29-24-28-17-10-6-7-11-19(17)31(24)2/h3-12,22H,13H2,1-2H3,(H,28,29,33). The smallest absolute Gasteiger partial charge is 0.264 e. The van der Waals surface area contributed by atoms with Crippen LogP contribution in [-0.4, -0.2) is 30.2 Å². The molecule has 0 saturated heterocycles. The van der Waals surface area contributed by atoms with E-state index in [-0.39, 0.29) is 29.0 Å². The number of amides is 1. The summed E-state index contributed by atoms with van der Waals surface area (Å²) in [7, 11) is 1.81. The molecule has 7 nitrogen and oxygen atoms in total. The molecule has 0 fully saturated rings. The molecule has 0 radical (unpaired) electrons. The molecule has 1 N–H and O–H groups in total. The lowest BCUT2D eigenvalue weighted by molar-refractivity contribution is -0.116. The molecule has 2 aromatic carbocycles. The van der Waals surface area contributed by atoms with Crippen molar-refractivity contribution in [3.8, 4) is 11.3 Å². The number of alkyl halides is 2. The van der Waals surface area contributed by atoms with Gasteiger partial charge in [-0.05, 0) is 25.1 Å². The summed E-state index contributed by atoms with van der Waals surface area (Å²) in [6.45, 7) is 1.44. The van der Waals surface area contributed by atoms with Crippen LogP contribution in [0.4, 0.5) is 14.7 Å². The highest BCUT2D eigenvalue weighted by atomic mass is 19.3. The number of aromatic nitrogens is 5. The van der Waals surface area contributed by atoms with Crippen molar-refractivity contribution in [2.75, 3.05) is 5.32 Å². The summed E-state index contributed by atoms with van der Waals surface area (Å²) in [5.41, 5.74) is 3.21. The number of carbonyl (C=O) groups excluding carboxylic acids is 1. The monoisotopic (exact) mass is 446 g/mol. The normalized spacial score (nSPS) is 11.5. The molecule has 5 aromatic rings. The Bertz CT molecular complexity index is 1490. The third-order valence-corrected chi connectivity index (χ3v) is 5.54. The minimum absolute atomic E-state index is 0.154. The zero-order chi connectivity index (χ0) is 23.1. The highest BCUT2D eigenvalue weighted by Gasteiger charge is 2.22. The van der Waals surface area contributed by atoms with Gasteiger partial charge in [0.15, 0.2) is 5.65 Å². The van der Waals surface area contributed by atoms with E-state index in [4.69, 9.17) is 0 Å². The molecule has 0 aliphatic rings. The molecule has 0 bridgehead atoms. The van der Waals surface area contributed by atoms with Crippen LogP contribution in [0.5, 0.6) is 0 Å². The summed E-state index contributed by atoms with van der Waals surface area (Å²) in [6.07, 6.45) is -2.71. The van der Waals surface area contributed by atoms with Gasteiger partial charge in [0.2, 0.25) is 11.9 Å². The van der Waals surface area contributed by atoms with Crippen LogP contribution in [0.2, 0.25) is 0 Å². The van der Waals surface area contributed by atoms with Crippen LogP contribution in [0.1, 0.15) is 17.7 Å². The Labute approximate surface area is 187 Å². The van der Waals surface area contributed by atoms with E-state index >= 15 is 0 Å². The molecule has 0 saturated carbocycles. The number of imidazole rings is 1. The number of hydrogen-bond acceptors (Lipinski definition) is 4. The number of carbonyl (C=O) groups is 1. The quantitative estimate of drug-likeness (QED) is 0.418. The van der Waals surface area contributed by atoms with Gasteiger partial charge < -0.3 is 4.57 Å². The molecule has 3 heterocycles. The maximum atomic E-state index is 13.9. The second-order valence-corrected chi connectivity index (χ2v) is 7.74. The van der Waals surface area contributed by atoms with Gasteiger partial charge in [-0.1, -0.05) is 42.5 Å². The largest absolute Gasteiger partial charge is 0.313 e. The van der Waals surface area contributed by atoms with Gasteiger partial charge in [-0.15, -0.1) is 0 Å². The molecule has 5 rings (SSSR count). The van der Waals surface area contributed by atoms with Gasteiger partial charge in [-0.2, -0.15) is 5.10 Å². The van der Waals surface area contributed by atoms with Crippen LogP contribution < -0.4 is 5.32 Å². The van der Waals surface area contributed by atoms with Crippen LogP contribution in [0.25, 0.3) is 33.3 Å². The highest BCUT2D eigenvalue weighted by Crippen LogP contribution is 2.33. The van der Waals surface area contributed by atoms with Gasteiger partial charge in [-0.3, -0.25) is 10.1 Å². The molecule has 9 heteroatoms. The Morgan fingerprint density at radius 1 is 1.06 bits per heavy atom. The predicted octanol–water partition coefficient (Wildman–Crippen LogP) is 4.87. The second kappa shape index (κ2) is 8.09. The summed E-state index contributed by atoms with van der Waals surface area (Å²) < 4.78 is 31.0. The first-order valence-electron chi connectivity index (χ1n) is 10.4. The molecule has 166 valence electrons. The van der Waals surface area contributed by atoms with Crippen molar-refractivity contribution in [3.63, 3.8) is 0 Å². The lowest BCUT2D eigenvalue weighted by Crippen LogP contribution is -2.21. The molecule has 0 aliphatic carbocycles. The highest BCUT2D eigenvalue weighted by molar-refractivity contribution is 5.93. The number of para-hydroxylation sites is 2. The van der Waals surface area contributed by atoms with Crippen molar-refractivity contribution < 1.29 is 13.6 Å². The number of anilines is 1. The Balaban J connectivity index is 1.53. The average Bonchev–Trinajstić information content (AvgIpc) is 3.30. The molecule has 1 amide bonds. The molecule has 0 atom stereocenters. The van der Waals surface area contributed by atoms with Gasteiger partial charge in [0.05, 0.1) is 27.8 Å². The van der Waals surface area contributed by atoms with E-state index in [9.17, 15) is 13.6 Å². The summed E-state index contributed by atoms with van der Waals surface area (Å²) in [5.74, 6) is 0.00361. The lowest BCUT2D eigenvalue weighted by Gasteiger charge is -2.09. The van der Waals surface area contributed by atoms with E-state index in [0.717, 1.165) is 11.0 Å². The van der Waals surface area contributed by atoms with Gasteiger partial charge in [-0.25, -0.2) is 23.4 Å².